The zero-order valence-corrected chi connectivity index (χ0v) is 21.2. The van der Waals surface area contributed by atoms with Crippen molar-refractivity contribution in [3.8, 4) is 0 Å². The van der Waals surface area contributed by atoms with Crippen LogP contribution in [0.3, 0.4) is 0 Å². The molecule has 2 aromatic rings. The molecule has 0 saturated heterocycles. The molecule has 0 aliphatic rings. The van der Waals surface area contributed by atoms with Gasteiger partial charge in [0.15, 0.2) is 0 Å². The number of rotatable bonds is 10. The lowest BCUT2D eigenvalue weighted by atomic mass is 9.78. The molecule has 0 heterocycles. The summed E-state index contributed by atoms with van der Waals surface area (Å²) in [6.07, 6.45) is 2.30. The molecule has 0 amide bonds. The van der Waals surface area contributed by atoms with Crippen LogP contribution < -0.4 is 11.1 Å². The predicted molar refractivity (Wildman–Crippen MR) is 139 cm³/mol. The second-order valence-electron chi connectivity index (χ2n) is 8.32. The molecule has 4 heteroatoms. The van der Waals surface area contributed by atoms with Crippen molar-refractivity contribution in [3.63, 3.8) is 0 Å². The van der Waals surface area contributed by atoms with E-state index in [-0.39, 0.29) is 5.41 Å². The minimum atomic E-state index is -0.0814. The number of halogens is 1. The Morgan fingerprint density at radius 3 is 2.42 bits per heavy atom. The van der Waals surface area contributed by atoms with Gasteiger partial charge in [-0.25, -0.2) is 0 Å². The summed E-state index contributed by atoms with van der Waals surface area (Å²) in [4.78, 5) is 0. The summed E-state index contributed by atoms with van der Waals surface area (Å²) in [5.41, 5.74) is 11.4. The SMILES string of the molecule is C=C(OCC)c1ccc(NCC(C)(C)c2ccc(Cl)cc2C(C)CCC)c(N)c1.CC. The van der Waals surface area contributed by atoms with Crippen molar-refractivity contribution in [1.82, 2.24) is 0 Å². The molecule has 0 fully saturated rings. The van der Waals surface area contributed by atoms with Crippen LogP contribution in [0.5, 0.6) is 0 Å². The van der Waals surface area contributed by atoms with Gasteiger partial charge in [0.05, 0.1) is 18.0 Å². The van der Waals surface area contributed by atoms with Gasteiger partial charge < -0.3 is 15.8 Å². The van der Waals surface area contributed by atoms with Crippen LogP contribution in [-0.4, -0.2) is 13.2 Å². The molecule has 172 valence electrons. The van der Waals surface area contributed by atoms with Crippen LogP contribution in [-0.2, 0) is 10.2 Å². The van der Waals surface area contributed by atoms with Crippen molar-refractivity contribution in [1.29, 1.82) is 0 Å². The van der Waals surface area contributed by atoms with Crippen LogP contribution in [0.25, 0.3) is 5.76 Å². The molecule has 0 spiro atoms. The summed E-state index contributed by atoms with van der Waals surface area (Å²) >= 11 is 6.32. The maximum Gasteiger partial charge on any atom is 0.119 e. The molecule has 1 unspecified atom stereocenters. The first kappa shape index (κ1) is 26.9. The van der Waals surface area contributed by atoms with Crippen LogP contribution in [0.4, 0.5) is 11.4 Å². The standard InChI is InChI=1S/C25H35ClN2O.C2H6/c1-7-9-17(3)21-15-20(26)11-12-22(21)25(5,6)16-28-24-13-10-19(14-23(24)27)18(4)29-8-2;1-2/h10-15,17,28H,4,7-9,16,27H2,1-3,5-6H3;1-2H3. The number of nitrogens with two attached hydrogens (primary N) is 1. The Morgan fingerprint density at radius 2 is 1.84 bits per heavy atom. The van der Waals surface area contributed by atoms with E-state index < -0.39 is 0 Å². The first-order valence-corrected chi connectivity index (χ1v) is 11.8. The largest absolute Gasteiger partial charge is 0.494 e. The molecule has 3 nitrogen and oxygen atoms in total. The summed E-state index contributed by atoms with van der Waals surface area (Å²) in [5, 5.41) is 4.33. The van der Waals surface area contributed by atoms with Gasteiger partial charge in [0.2, 0.25) is 0 Å². The van der Waals surface area contributed by atoms with Crippen LogP contribution in [0.1, 0.15) is 83.9 Å². The Labute approximate surface area is 195 Å². The van der Waals surface area contributed by atoms with Crippen LogP contribution >= 0.6 is 11.6 Å². The monoisotopic (exact) mass is 444 g/mol. The topological polar surface area (TPSA) is 47.3 Å². The zero-order chi connectivity index (χ0) is 23.6. The van der Waals surface area contributed by atoms with E-state index in [1.165, 1.54) is 11.1 Å². The van der Waals surface area contributed by atoms with Crippen molar-refractivity contribution in [2.45, 2.75) is 72.6 Å². The van der Waals surface area contributed by atoms with Gasteiger partial charge in [0, 0.05) is 22.5 Å². The van der Waals surface area contributed by atoms with Gasteiger partial charge in [0.25, 0.3) is 0 Å². The lowest BCUT2D eigenvalue weighted by Crippen LogP contribution is -2.29. The van der Waals surface area contributed by atoms with Crippen molar-refractivity contribution < 1.29 is 4.74 Å². The number of nitrogens with one attached hydrogen (secondary N) is 1. The van der Waals surface area contributed by atoms with Crippen LogP contribution in [0, 0.1) is 0 Å². The Morgan fingerprint density at radius 1 is 1.16 bits per heavy atom. The third-order valence-electron chi connectivity index (χ3n) is 5.41. The highest BCUT2D eigenvalue weighted by molar-refractivity contribution is 6.30. The molecule has 0 saturated carbocycles. The van der Waals surface area contributed by atoms with E-state index in [9.17, 15) is 0 Å². The van der Waals surface area contributed by atoms with Crippen molar-refractivity contribution in [2.24, 2.45) is 0 Å². The fraction of sp³-hybridized carbons (Fsp3) is 0.481. The van der Waals surface area contributed by atoms with Gasteiger partial charge in [-0.15, -0.1) is 0 Å². The first-order chi connectivity index (χ1) is 14.7. The normalized spacial score (nSPS) is 11.9. The van der Waals surface area contributed by atoms with E-state index in [0.717, 1.165) is 35.7 Å². The Balaban J connectivity index is 0.00000233. The second-order valence-corrected chi connectivity index (χ2v) is 8.75. The maximum absolute atomic E-state index is 6.32. The highest BCUT2D eigenvalue weighted by Gasteiger charge is 2.26. The number of anilines is 2. The molecule has 2 rings (SSSR count). The first-order valence-electron chi connectivity index (χ1n) is 11.4. The number of benzene rings is 2. The van der Waals surface area contributed by atoms with E-state index in [0.29, 0.717) is 24.0 Å². The molecule has 0 radical (unpaired) electrons. The molecule has 1 atom stereocenters. The minimum Gasteiger partial charge on any atom is -0.494 e. The molecular weight excluding hydrogens is 404 g/mol. The summed E-state index contributed by atoms with van der Waals surface area (Å²) in [7, 11) is 0. The minimum absolute atomic E-state index is 0.0814. The zero-order valence-electron chi connectivity index (χ0n) is 20.4. The maximum atomic E-state index is 6.32. The molecule has 0 aliphatic carbocycles. The van der Waals surface area contributed by atoms with Gasteiger partial charge in [-0.1, -0.05) is 72.2 Å². The summed E-state index contributed by atoms with van der Waals surface area (Å²) in [6.45, 7) is 20.3. The Bertz CT molecular complexity index is 845. The molecule has 2 aromatic carbocycles. The summed E-state index contributed by atoms with van der Waals surface area (Å²) in [6, 6.07) is 12.2. The third-order valence-corrected chi connectivity index (χ3v) is 5.64. The van der Waals surface area contributed by atoms with Crippen molar-refractivity contribution in [2.75, 3.05) is 24.2 Å². The molecule has 0 bridgehead atoms. The molecule has 0 aromatic heterocycles. The number of hydrogen-bond acceptors (Lipinski definition) is 3. The average Bonchev–Trinajstić information content (AvgIpc) is 2.74. The van der Waals surface area contributed by atoms with Gasteiger partial charge in [-0.05, 0) is 60.7 Å². The molecule has 3 N–H and O–H groups in total. The third kappa shape index (κ3) is 7.50. The van der Waals surface area contributed by atoms with Crippen molar-refractivity contribution >= 4 is 28.7 Å². The quantitative estimate of drug-likeness (QED) is 0.286. The molecular formula is C27H41ClN2O. The molecule has 31 heavy (non-hydrogen) atoms. The highest BCUT2D eigenvalue weighted by Crippen LogP contribution is 2.35. The van der Waals surface area contributed by atoms with Gasteiger partial charge in [0.1, 0.15) is 5.76 Å². The van der Waals surface area contributed by atoms with Gasteiger partial charge >= 0.3 is 0 Å². The summed E-state index contributed by atoms with van der Waals surface area (Å²) < 4.78 is 5.48. The smallest absolute Gasteiger partial charge is 0.119 e. The predicted octanol–water partition coefficient (Wildman–Crippen LogP) is 8.25. The van der Waals surface area contributed by atoms with E-state index in [2.05, 4.69) is 51.7 Å². The van der Waals surface area contributed by atoms with Crippen LogP contribution in [0.2, 0.25) is 5.02 Å². The van der Waals surface area contributed by atoms with E-state index in [1.807, 2.05) is 45.0 Å². The van der Waals surface area contributed by atoms with Gasteiger partial charge in [-0.3, -0.25) is 0 Å². The fourth-order valence-electron chi connectivity index (χ4n) is 3.71. The van der Waals surface area contributed by atoms with Gasteiger partial charge in [-0.2, -0.15) is 0 Å². The summed E-state index contributed by atoms with van der Waals surface area (Å²) in [5.74, 6) is 1.11. The Hall–Kier alpha value is -2.13. The average molecular weight is 445 g/mol. The number of nitrogen functional groups attached to an aromatic ring is 1. The number of ether oxygens (including phenoxy) is 1. The second kappa shape index (κ2) is 12.7. The highest BCUT2D eigenvalue weighted by atomic mass is 35.5. The van der Waals surface area contributed by atoms with E-state index in [4.69, 9.17) is 22.1 Å². The van der Waals surface area contributed by atoms with Crippen LogP contribution in [0.15, 0.2) is 43.0 Å². The Kier molecular flexibility index (Phi) is 11.0. The fourth-order valence-corrected chi connectivity index (χ4v) is 3.89. The number of hydrogen-bond donors (Lipinski definition) is 2. The van der Waals surface area contributed by atoms with E-state index in [1.54, 1.807) is 0 Å². The lowest BCUT2D eigenvalue weighted by molar-refractivity contribution is 0.299. The van der Waals surface area contributed by atoms with E-state index >= 15 is 0 Å². The molecule has 0 aliphatic heterocycles. The lowest BCUT2D eigenvalue weighted by Gasteiger charge is -2.31. The van der Waals surface area contributed by atoms with Crippen molar-refractivity contribution in [3.05, 3.63) is 64.7 Å².